The zero-order chi connectivity index (χ0) is 22.9. The number of amides is 1. The van der Waals surface area contributed by atoms with Gasteiger partial charge in [-0.15, -0.1) is 11.3 Å². The molecule has 3 aromatic rings. The zero-order valence-electron chi connectivity index (χ0n) is 17.7. The van der Waals surface area contributed by atoms with Gasteiger partial charge in [0.1, 0.15) is 10.6 Å². The Labute approximate surface area is 189 Å². The highest BCUT2D eigenvalue weighted by Crippen LogP contribution is 2.34. The molecule has 0 bridgehead atoms. The molecule has 0 unspecified atom stereocenters. The van der Waals surface area contributed by atoms with Crippen molar-refractivity contribution in [3.05, 3.63) is 40.6 Å². The number of morpholine rings is 1. The van der Waals surface area contributed by atoms with E-state index in [1.807, 2.05) is 13.0 Å². The van der Waals surface area contributed by atoms with E-state index >= 15 is 0 Å². The molecule has 1 aliphatic heterocycles. The van der Waals surface area contributed by atoms with E-state index in [4.69, 9.17) is 14.0 Å². The summed E-state index contributed by atoms with van der Waals surface area (Å²) in [4.78, 5) is 19.4. The monoisotopic (exact) mass is 478 g/mol. The number of anilines is 1. The topological polar surface area (TPSA) is 124 Å². The Morgan fingerprint density at radius 1 is 1.22 bits per heavy atom. The van der Waals surface area contributed by atoms with Crippen molar-refractivity contribution in [2.75, 3.05) is 38.1 Å². The van der Waals surface area contributed by atoms with Crippen molar-refractivity contribution in [2.24, 2.45) is 0 Å². The van der Waals surface area contributed by atoms with Gasteiger partial charge in [0, 0.05) is 18.0 Å². The van der Waals surface area contributed by atoms with Crippen LogP contribution < -0.4 is 9.46 Å². The van der Waals surface area contributed by atoms with Crippen LogP contribution >= 0.6 is 11.3 Å². The Hall–Kier alpha value is -2.96. The van der Waals surface area contributed by atoms with Gasteiger partial charge in [-0.2, -0.15) is 4.98 Å². The van der Waals surface area contributed by atoms with E-state index in [0.29, 0.717) is 47.5 Å². The molecule has 1 saturated heterocycles. The highest BCUT2D eigenvalue weighted by atomic mass is 32.2. The van der Waals surface area contributed by atoms with E-state index in [1.165, 1.54) is 24.5 Å². The maximum absolute atomic E-state index is 13.1. The van der Waals surface area contributed by atoms with Crippen LogP contribution in [0, 0.1) is 13.8 Å². The molecular weight excluding hydrogens is 456 g/mol. The average molecular weight is 479 g/mol. The molecule has 1 aliphatic rings. The number of aromatic nitrogens is 2. The number of aryl methyl sites for hydroxylation is 2. The Morgan fingerprint density at radius 2 is 1.97 bits per heavy atom. The molecule has 0 aliphatic carbocycles. The molecule has 10 nitrogen and oxygen atoms in total. The third-order valence-corrected chi connectivity index (χ3v) is 7.56. The maximum Gasteiger partial charge on any atom is 0.316 e. The van der Waals surface area contributed by atoms with Gasteiger partial charge in [-0.25, -0.2) is 8.42 Å². The van der Waals surface area contributed by atoms with Gasteiger partial charge in [0.25, 0.3) is 10.0 Å². The molecular formula is C20H22N4O6S2. The first-order valence-corrected chi connectivity index (χ1v) is 12.1. The molecule has 32 heavy (non-hydrogen) atoms. The normalized spacial score (nSPS) is 14.4. The molecule has 1 amide bonds. The number of carbonyl (C=O) groups excluding carboxylic acids is 1. The van der Waals surface area contributed by atoms with E-state index < -0.39 is 10.0 Å². The largest absolute Gasteiger partial charge is 0.495 e. The van der Waals surface area contributed by atoms with Gasteiger partial charge in [-0.3, -0.25) is 9.52 Å². The Balaban J connectivity index is 1.59. The third-order valence-electron chi connectivity index (χ3n) is 4.89. The van der Waals surface area contributed by atoms with E-state index in [-0.39, 0.29) is 22.5 Å². The second-order valence-corrected chi connectivity index (χ2v) is 10.1. The molecule has 4 rings (SSSR count). The quantitative estimate of drug-likeness (QED) is 0.574. The van der Waals surface area contributed by atoms with E-state index in [0.717, 1.165) is 5.56 Å². The minimum absolute atomic E-state index is 0.0897. The van der Waals surface area contributed by atoms with Crippen LogP contribution in [-0.4, -0.2) is 62.8 Å². The molecule has 3 heterocycles. The van der Waals surface area contributed by atoms with Gasteiger partial charge in [0.2, 0.25) is 5.82 Å². The number of ether oxygens (including phenoxy) is 2. The Kier molecular flexibility index (Phi) is 6.17. The van der Waals surface area contributed by atoms with Crippen LogP contribution in [0.4, 0.5) is 5.69 Å². The number of methoxy groups -OCH3 is 1. The first-order chi connectivity index (χ1) is 15.3. The molecule has 0 radical (unpaired) electrons. The lowest BCUT2D eigenvalue weighted by Crippen LogP contribution is -2.40. The predicted octanol–water partition coefficient (Wildman–Crippen LogP) is 2.70. The SMILES string of the molecule is COc1ccc(C)cc1NS(=O)(=O)c1cc(-c2noc(C(=O)N3CCOCC3)n2)sc1C. The first-order valence-electron chi connectivity index (χ1n) is 9.77. The van der Waals surface area contributed by atoms with Crippen molar-refractivity contribution in [2.45, 2.75) is 18.7 Å². The van der Waals surface area contributed by atoms with Gasteiger partial charge in [0.05, 0.1) is 30.9 Å². The van der Waals surface area contributed by atoms with Gasteiger partial charge in [-0.1, -0.05) is 11.2 Å². The number of nitrogens with zero attached hydrogens (tertiary/aromatic N) is 3. The summed E-state index contributed by atoms with van der Waals surface area (Å²) in [5.74, 6) is 0.0578. The number of hydrogen-bond acceptors (Lipinski definition) is 9. The summed E-state index contributed by atoms with van der Waals surface area (Å²) in [5, 5.41) is 3.87. The second kappa shape index (κ2) is 8.88. The maximum atomic E-state index is 13.1. The summed E-state index contributed by atoms with van der Waals surface area (Å²) in [6.45, 7) is 5.36. The van der Waals surface area contributed by atoms with Crippen LogP contribution in [0.25, 0.3) is 10.7 Å². The van der Waals surface area contributed by atoms with Crippen molar-refractivity contribution in [1.82, 2.24) is 15.0 Å². The number of benzene rings is 1. The first kappa shape index (κ1) is 22.2. The van der Waals surface area contributed by atoms with Crippen LogP contribution in [0.1, 0.15) is 21.1 Å². The van der Waals surface area contributed by atoms with Gasteiger partial charge >= 0.3 is 11.8 Å². The lowest BCUT2D eigenvalue weighted by molar-refractivity contribution is 0.0272. The fourth-order valence-corrected chi connectivity index (χ4v) is 5.84. The molecule has 1 N–H and O–H groups in total. The number of nitrogens with one attached hydrogen (secondary N) is 1. The zero-order valence-corrected chi connectivity index (χ0v) is 19.4. The highest BCUT2D eigenvalue weighted by molar-refractivity contribution is 7.93. The van der Waals surface area contributed by atoms with Crippen molar-refractivity contribution in [3.63, 3.8) is 0 Å². The average Bonchev–Trinajstić information content (AvgIpc) is 3.41. The van der Waals surface area contributed by atoms with Gasteiger partial charge in [-0.05, 0) is 37.6 Å². The Morgan fingerprint density at radius 3 is 2.69 bits per heavy atom. The lowest BCUT2D eigenvalue weighted by atomic mass is 10.2. The summed E-state index contributed by atoms with van der Waals surface area (Å²) in [6.07, 6.45) is 0. The summed E-state index contributed by atoms with van der Waals surface area (Å²) in [5.41, 5.74) is 1.23. The molecule has 0 atom stereocenters. The smallest absolute Gasteiger partial charge is 0.316 e. The van der Waals surface area contributed by atoms with E-state index in [9.17, 15) is 13.2 Å². The summed E-state index contributed by atoms with van der Waals surface area (Å²) in [6, 6.07) is 6.70. The van der Waals surface area contributed by atoms with Crippen LogP contribution in [0.15, 0.2) is 33.7 Å². The van der Waals surface area contributed by atoms with Gasteiger partial charge in [0.15, 0.2) is 0 Å². The molecule has 0 spiro atoms. The molecule has 1 aromatic carbocycles. The van der Waals surface area contributed by atoms with Crippen LogP contribution in [0.3, 0.4) is 0 Å². The molecule has 0 saturated carbocycles. The predicted molar refractivity (Wildman–Crippen MR) is 118 cm³/mol. The van der Waals surface area contributed by atoms with Gasteiger partial charge < -0.3 is 18.9 Å². The van der Waals surface area contributed by atoms with Crippen molar-refractivity contribution in [3.8, 4) is 16.5 Å². The fourth-order valence-electron chi connectivity index (χ4n) is 3.26. The number of thiophene rings is 1. The van der Waals surface area contributed by atoms with Crippen LogP contribution in [0.2, 0.25) is 0 Å². The number of rotatable bonds is 6. The highest BCUT2D eigenvalue weighted by Gasteiger charge is 2.27. The van der Waals surface area contributed by atoms with E-state index in [2.05, 4.69) is 14.9 Å². The van der Waals surface area contributed by atoms with Crippen LogP contribution in [-0.2, 0) is 14.8 Å². The van der Waals surface area contributed by atoms with Crippen LogP contribution in [0.5, 0.6) is 5.75 Å². The summed E-state index contributed by atoms with van der Waals surface area (Å²) in [7, 11) is -2.43. The van der Waals surface area contributed by atoms with Crippen molar-refractivity contribution in [1.29, 1.82) is 0 Å². The minimum Gasteiger partial charge on any atom is -0.495 e. The molecule has 12 heteroatoms. The number of hydrogen-bond donors (Lipinski definition) is 1. The van der Waals surface area contributed by atoms with E-state index in [1.54, 1.807) is 24.0 Å². The molecule has 170 valence electrons. The summed E-state index contributed by atoms with van der Waals surface area (Å²) >= 11 is 1.20. The molecule has 1 fully saturated rings. The molecule has 2 aromatic heterocycles. The number of carbonyl (C=O) groups is 1. The lowest BCUT2D eigenvalue weighted by Gasteiger charge is -2.25. The Bertz CT molecular complexity index is 1240. The minimum atomic E-state index is -3.90. The summed E-state index contributed by atoms with van der Waals surface area (Å²) < 4.78 is 44.4. The standard InChI is InChI=1S/C20H22N4O6S2/c1-12-4-5-15(28-3)14(10-12)23-32(26,27)17-11-16(31-13(17)2)18-21-19(30-22-18)20(25)24-6-8-29-9-7-24/h4-5,10-11,23H,6-9H2,1-3H3. The second-order valence-electron chi connectivity index (χ2n) is 7.17. The third kappa shape index (κ3) is 4.47. The number of sulfonamides is 1. The fraction of sp³-hybridized carbons (Fsp3) is 0.350. The van der Waals surface area contributed by atoms with Crippen molar-refractivity contribution < 1.29 is 27.2 Å². The van der Waals surface area contributed by atoms with Crippen molar-refractivity contribution >= 4 is 33.0 Å².